The van der Waals surface area contributed by atoms with Crippen LogP contribution in [0.5, 0.6) is 0 Å². The third kappa shape index (κ3) is 5.26. The number of rotatable bonds is 5. The first-order valence-electron chi connectivity index (χ1n) is 8.67. The van der Waals surface area contributed by atoms with Crippen LogP contribution < -0.4 is 5.32 Å². The normalized spacial score (nSPS) is 17.3. The van der Waals surface area contributed by atoms with Gasteiger partial charge in [0.05, 0.1) is 24.9 Å². The first-order chi connectivity index (χ1) is 12.2. The molecule has 2 aromatic rings. The minimum atomic E-state index is -0.0655. The van der Waals surface area contributed by atoms with Crippen LogP contribution in [0.1, 0.15) is 23.5 Å². The Bertz CT molecular complexity index is 693. The standard InChI is InChI=1S/C19H24N4O2/c1-15-20-10-9-17(22-15)13-21-19(24)23-11-12-25-18(14-23)8-7-16-5-3-2-4-6-16/h2-6,9-10,18H,7-8,11-14H2,1H3,(H,21,24)/t18-/m1/s1. The molecule has 0 saturated carbocycles. The summed E-state index contributed by atoms with van der Waals surface area (Å²) >= 11 is 0. The number of hydrogen-bond donors (Lipinski definition) is 1. The molecule has 1 saturated heterocycles. The lowest BCUT2D eigenvalue weighted by Gasteiger charge is -2.33. The number of nitrogens with zero attached hydrogens (tertiary/aromatic N) is 3. The van der Waals surface area contributed by atoms with Gasteiger partial charge in [-0.2, -0.15) is 0 Å². The number of carbonyl (C=O) groups excluding carboxylic acids is 1. The van der Waals surface area contributed by atoms with Crippen molar-refractivity contribution in [3.8, 4) is 0 Å². The van der Waals surface area contributed by atoms with Gasteiger partial charge in [0.15, 0.2) is 0 Å². The summed E-state index contributed by atoms with van der Waals surface area (Å²) in [7, 11) is 0. The lowest BCUT2D eigenvalue weighted by molar-refractivity contribution is -0.0176. The van der Waals surface area contributed by atoms with E-state index in [1.165, 1.54) is 5.56 Å². The van der Waals surface area contributed by atoms with Crippen LogP contribution in [0.15, 0.2) is 42.6 Å². The molecule has 6 nitrogen and oxygen atoms in total. The van der Waals surface area contributed by atoms with Gasteiger partial charge in [0.1, 0.15) is 5.82 Å². The lowest BCUT2D eigenvalue weighted by Crippen LogP contribution is -2.49. The summed E-state index contributed by atoms with van der Waals surface area (Å²) in [5.41, 5.74) is 2.11. The van der Waals surface area contributed by atoms with E-state index in [2.05, 4.69) is 27.4 Å². The Morgan fingerprint density at radius 1 is 1.32 bits per heavy atom. The Morgan fingerprint density at radius 2 is 2.16 bits per heavy atom. The van der Waals surface area contributed by atoms with E-state index in [0.717, 1.165) is 18.5 Å². The molecule has 0 radical (unpaired) electrons. The monoisotopic (exact) mass is 340 g/mol. The van der Waals surface area contributed by atoms with Gasteiger partial charge >= 0.3 is 6.03 Å². The zero-order chi connectivity index (χ0) is 17.5. The van der Waals surface area contributed by atoms with E-state index in [9.17, 15) is 4.79 Å². The van der Waals surface area contributed by atoms with Gasteiger partial charge in [0.25, 0.3) is 0 Å². The molecule has 2 heterocycles. The Kier molecular flexibility index (Phi) is 5.95. The smallest absolute Gasteiger partial charge is 0.317 e. The molecular weight excluding hydrogens is 316 g/mol. The van der Waals surface area contributed by atoms with Crippen molar-refractivity contribution in [3.05, 3.63) is 59.7 Å². The topological polar surface area (TPSA) is 67.4 Å². The molecule has 1 atom stereocenters. The molecule has 0 spiro atoms. The number of carbonyl (C=O) groups is 1. The number of benzene rings is 1. The van der Waals surface area contributed by atoms with Crippen molar-refractivity contribution in [2.24, 2.45) is 0 Å². The highest BCUT2D eigenvalue weighted by atomic mass is 16.5. The van der Waals surface area contributed by atoms with E-state index >= 15 is 0 Å². The Morgan fingerprint density at radius 3 is 2.96 bits per heavy atom. The Labute approximate surface area is 148 Å². The minimum Gasteiger partial charge on any atom is -0.375 e. The summed E-state index contributed by atoms with van der Waals surface area (Å²) in [5, 5.41) is 2.93. The molecule has 25 heavy (non-hydrogen) atoms. The van der Waals surface area contributed by atoms with Crippen LogP contribution in [-0.4, -0.2) is 46.7 Å². The fraction of sp³-hybridized carbons (Fsp3) is 0.421. The van der Waals surface area contributed by atoms with E-state index < -0.39 is 0 Å². The second-order valence-electron chi connectivity index (χ2n) is 6.22. The van der Waals surface area contributed by atoms with Gasteiger partial charge < -0.3 is 15.0 Å². The summed E-state index contributed by atoms with van der Waals surface area (Å²) in [5.74, 6) is 0.707. The first-order valence-corrected chi connectivity index (χ1v) is 8.67. The maximum Gasteiger partial charge on any atom is 0.317 e. The number of morpholine rings is 1. The molecule has 0 aliphatic carbocycles. The molecule has 1 aromatic heterocycles. The molecule has 1 aliphatic heterocycles. The number of aryl methyl sites for hydroxylation is 2. The molecule has 2 amide bonds. The molecule has 0 bridgehead atoms. The summed E-state index contributed by atoms with van der Waals surface area (Å²) in [6, 6.07) is 12.1. The Hall–Kier alpha value is -2.47. The highest BCUT2D eigenvalue weighted by Crippen LogP contribution is 2.13. The molecule has 132 valence electrons. The van der Waals surface area contributed by atoms with Gasteiger partial charge in [0, 0.05) is 19.3 Å². The zero-order valence-corrected chi connectivity index (χ0v) is 14.5. The summed E-state index contributed by atoms with van der Waals surface area (Å²) < 4.78 is 5.82. The summed E-state index contributed by atoms with van der Waals surface area (Å²) in [6.07, 6.45) is 3.67. The summed E-state index contributed by atoms with van der Waals surface area (Å²) in [4.78, 5) is 22.6. The van der Waals surface area contributed by atoms with Crippen LogP contribution >= 0.6 is 0 Å². The second kappa shape index (κ2) is 8.58. The number of urea groups is 1. The van der Waals surface area contributed by atoms with Gasteiger partial charge in [-0.15, -0.1) is 0 Å². The number of aromatic nitrogens is 2. The third-order valence-electron chi connectivity index (χ3n) is 4.28. The van der Waals surface area contributed by atoms with Crippen molar-refractivity contribution < 1.29 is 9.53 Å². The largest absolute Gasteiger partial charge is 0.375 e. The van der Waals surface area contributed by atoms with Gasteiger partial charge in [-0.25, -0.2) is 14.8 Å². The number of amides is 2. The van der Waals surface area contributed by atoms with Gasteiger partial charge in [-0.3, -0.25) is 0 Å². The minimum absolute atomic E-state index is 0.0655. The van der Waals surface area contributed by atoms with Crippen LogP contribution in [0.25, 0.3) is 0 Å². The average molecular weight is 340 g/mol. The van der Waals surface area contributed by atoms with Crippen LogP contribution in [0.4, 0.5) is 4.79 Å². The molecule has 3 rings (SSSR count). The average Bonchev–Trinajstić information content (AvgIpc) is 2.65. The van der Waals surface area contributed by atoms with Crippen LogP contribution in [0, 0.1) is 6.92 Å². The third-order valence-corrected chi connectivity index (χ3v) is 4.28. The van der Waals surface area contributed by atoms with E-state index in [4.69, 9.17) is 4.74 Å². The van der Waals surface area contributed by atoms with E-state index in [1.54, 1.807) is 6.20 Å². The van der Waals surface area contributed by atoms with Crippen molar-refractivity contribution in [2.75, 3.05) is 19.7 Å². The fourth-order valence-electron chi connectivity index (χ4n) is 2.93. The highest BCUT2D eigenvalue weighted by molar-refractivity contribution is 5.74. The fourth-order valence-corrected chi connectivity index (χ4v) is 2.93. The second-order valence-corrected chi connectivity index (χ2v) is 6.22. The van der Waals surface area contributed by atoms with Crippen molar-refractivity contribution >= 4 is 6.03 Å². The molecule has 1 aromatic carbocycles. The van der Waals surface area contributed by atoms with Crippen LogP contribution in [0.2, 0.25) is 0 Å². The van der Waals surface area contributed by atoms with E-state index in [1.807, 2.05) is 36.1 Å². The van der Waals surface area contributed by atoms with E-state index in [0.29, 0.717) is 32.1 Å². The maximum absolute atomic E-state index is 12.4. The van der Waals surface area contributed by atoms with Gasteiger partial charge in [0.2, 0.25) is 0 Å². The number of nitrogens with one attached hydrogen (secondary N) is 1. The molecule has 1 aliphatic rings. The molecule has 0 unspecified atom stereocenters. The predicted octanol–water partition coefficient (Wildman–Crippen LogP) is 2.33. The van der Waals surface area contributed by atoms with Crippen molar-refractivity contribution in [1.29, 1.82) is 0 Å². The van der Waals surface area contributed by atoms with Crippen molar-refractivity contribution in [2.45, 2.75) is 32.4 Å². The van der Waals surface area contributed by atoms with Gasteiger partial charge in [-0.1, -0.05) is 30.3 Å². The predicted molar refractivity (Wildman–Crippen MR) is 95.1 cm³/mol. The number of ether oxygens (including phenoxy) is 1. The molecular formula is C19H24N4O2. The van der Waals surface area contributed by atoms with Crippen molar-refractivity contribution in [3.63, 3.8) is 0 Å². The zero-order valence-electron chi connectivity index (χ0n) is 14.5. The van der Waals surface area contributed by atoms with Crippen LogP contribution in [0.3, 0.4) is 0 Å². The van der Waals surface area contributed by atoms with Crippen molar-refractivity contribution in [1.82, 2.24) is 20.2 Å². The van der Waals surface area contributed by atoms with E-state index in [-0.39, 0.29) is 12.1 Å². The molecule has 1 fully saturated rings. The highest BCUT2D eigenvalue weighted by Gasteiger charge is 2.23. The maximum atomic E-state index is 12.4. The Balaban J connectivity index is 1.46. The first kappa shape index (κ1) is 17.4. The van der Waals surface area contributed by atoms with Gasteiger partial charge in [-0.05, 0) is 31.4 Å². The van der Waals surface area contributed by atoms with Crippen LogP contribution in [-0.2, 0) is 17.7 Å². The molecule has 1 N–H and O–H groups in total. The molecule has 6 heteroatoms. The lowest BCUT2D eigenvalue weighted by atomic mass is 10.1. The summed E-state index contributed by atoms with van der Waals surface area (Å²) in [6.45, 7) is 4.08. The SMILES string of the molecule is Cc1nccc(CNC(=O)N2CCO[C@H](CCc3ccccc3)C2)n1. The number of hydrogen-bond acceptors (Lipinski definition) is 4. The quantitative estimate of drug-likeness (QED) is 0.907.